The summed E-state index contributed by atoms with van der Waals surface area (Å²) >= 11 is 3.31. The molecule has 3 rings (SSSR count). The Labute approximate surface area is 141 Å². The molecule has 0 aliphatic rings. The van der Waals surface area contributed by atoms with Gasteiger partial charge in [-0.3, -0.25) is 10.1 Å². The van der Waals surface area contributed by atoms with Gasteiger partial charge in [-0.2, -0.15) is 0 Å². The monoisotopic (exact) mass is 346 g/mol. The number of hydrogen-bond acceptors (Lipinski definition) is 6. The number of aryl methyl sites for hydroxylation is 1. The summed E-state index contributed by atoms with van der Waals surface area (Å²) in [5.74, 6) is 0.328. The molecule has 0 saturated carbocycles. The molecule has 0 unspecified atom stereocenters. The number of rotatable bonds is 6. The van der Waals surface area contributed by atoms with E-state index >= 15 is 0 Å². The molecule has 1 aromatic carbocycles. The summed E-state index contributed by atoms with van der Waals surface area (Å²) in [5.41, 5.74) is 0.305. The highest BCUT2D eigenvalue weighted by Gasteiger charge is 2.28. The molecular weight excluding hydrogens is 332 g/mol. The van der Waals surface area contributed by atoms with Gasteiger partial charge in [-0.1, -0.05) is 29.4 Å². The molecule has 118 valence electrons. The van der Waals surface area contributed by atoms with E-state index in [0.717, 1.165) is 9.77 Å². The van der Waals surface area contributed by atoms with Crippen LogP contribution >= 0.6 is 23.1 Å². The van der Waals surface area contributed by atoms with E-state index in [0.29, 0.717) is 17.9 Å². The molecule has 0 N–H and O–H groups in total. The Morgan fingerprint density at radius 1 is 1.30 bits per heavy atom. The Morgan fingerprint density at radius 3 is 2.74 bits per heavy atom. The number of thioether (sulfide) groups is 1. The van der Waals surface area contributed by atoms with Crippen LogP contribution in [0, 0.1) is 17.0 Å². The van der Waals surface area contributed by atoms with Gasteiger partial charge >= 0.3 is 5.69 Å². The van der Waals surface area contributed by atoms with Crippen LogP contribution in [-0.2, 0) is 6.42 Å². The van der Waals surface area contributed by atoms with Crippen molar-refractivity contribution in [1.82, 2.24) is 5.16 Å². The van der Waals surface area contributed by atoms with Crippen molar-refractivity contribution >= 4 is 28.8 Å². The molecule has 5 nitrogen and oxygen atoms in total. The van der Waals surface area contributed by atoms with Crippen molar-refractivity contribution in [2.24, 2.45) is 0 Å². The van der Waals surface area contributed by atoms with E-state index in [1.165, 1.54) is 0 Å². The Balaban J connectivity index is 1.89. The zero-order chi connectivity index (χ0) is 16.2. The van der Waals surface area contributed by atoms with Gasteiger partial charge < -0.3 is 4.52 Å². The van der Waals surface area contributed by atoms with Gasteiger partial charge in [0.05, 0.1) is 10.2 Å². The van der Waals surface area contributed by atoms with Gasteiger partial charge in [-0.05, 0) is 30.5 Å². The standard InChI is InChI=1S/C16H14N2O3S2/c1-11-16(18(19)20)13(21-17-11)10-15(14-8-5-9-22-14)23-12-6-3-2-4-7-12/h2-9,15H,10H2,1H3/t15-/m0/s1. The summed E-state index contributed by atoms with van der Waals surface area (Å²) in [6, 6.07) is 14.0. The second kappa shape index (κ2) is 6.97. The number of thiophene rings is 1. The minimum Gasteiger partial charge on any atom is -0.354 e. The average Bonchev–Trinajstić information content (AvgIpc) is 3.17. The van der Waals surface area contributed by atoms with Crippen LogP contribution in [0.3, 0.4) is 0 Å². The maximum atomic E-state index is 11.2. The SMILES string of the molecule is Cc1noc(C[C@H](Sc2ccccc2)c2cccs2)c1[N+](=O)[O-]. The third kappa shape index (κ3) is 3.62. The lowest BCUT2D eigenvalue weighted by Crippen LogP contribution is -2.00. The Morgan fingerprint density at radius 2 is 2.09 bits per heavy atom. The first-order valence-electron chi connectivity index (χ1n) is 7.00. The smallest absolute Gasteiger partial charge is 0.334 e. The van der Waals surface area contributed by atoms with E-state index in [9.17, 15) is 10.1 Å². The summed E-state index contributed by atoms with van der Waals surface area (Å²) in [5, 5.41) is 17.0. The molecule has 0 fully saturated rings. The molecule has 23 heavy (non-hydrogen) atoms. The fraction of sp³-hybridized carbons (Fsp3) is 0.188. The van der Waals surface area contributed by atoms with Crippen molar-refractivity contribution in [3.63, 3.8) is 0 Å². The maximum Gasteiger partial charge on any atom is 0.334 e. The highest BCUT2D eigenvalue weighted by molar-refractivity contribution is 7.99. The van der Waals surface area contributed by atoms with Crippen LogP contribution in [0.5, 0.6) is 0 Å². The summed E-state index contributed by atoms with van der Waals surface area (Å²) in [7, 11) is 0. The number of aromatic nitrogens is 1. The van der Waals surface area contributed by atoms with Crippen LogP contribution in [-0.4, -0.2) is 10.1 Å². The third-order valence-corrected chi connectivity index (χ3v) is 5.72. The van der Waals surface area contributed by atoms with E-state index in [-0.39, 0.29) is 10.9 Å². The lowest BCUT2D eigenvalue weighted by atomic mass is 10.2. The second-order valence-electron chi connectivity index (χ2n) is 4.94. The maximum absolute atomic E-state index is 11.2. The first-order chi connectivity index (χ1) is 11.1. The van der Waals surface area contributed by atoms with E-state index < -0.39 is 4.92 Å². The van der Waals surface area contributed by atoms with Crippen molar-refractivity contribution in [2.75, 3.05) is 0 Å². The Hall–Kier alpha value is -2.12. The zero-order valence-corrected chi connectivity index (χ0v) is 14.0. The van der Waals surface area contributed by atoms with E-state index in [2.05, 4.69) is 5.16 Å². The van der Waals surface area contributed by atoms with Gasteiger partial charge in [0.25, 0.3) is 0 Å². The van der Waals surface area contributed by atoms with Gasteiger partial charge in [0, 0.05) is 16.2 Å². The molecule has 0 amide bonds. The predicted molar refractivity (Wildman–Crippen MR) is 91.0 cm³/mol. The number of nitro groups is 1. The fourth-order valence-corrected chi connectivity index (χ4v) is 4.38. The molecule has 2 heterocycles. The molecule has 0 aliphatic carbocycles. The van der Waals surface area contributed by atoms with Crippen LogP contribution in [0.25, 0.3) is 0 Å². The van der Waals surface area contributed by atoms with Crippen LogP contribution in [0.1, 0.15) is 21.6 Å². The summed E-state index contributed by atoms with van der Waals surface area (Å²) in [4.78, 5) is 13.1. The highest BCUT2D eigenvalue weighted by atomic mass is 32.2. The minimum atomic E-state index is -0.417. The first kappa shape index (κ1) is 15.8. The lowest BCUT2D eigenvalue weighted by molar-refractivity contribution is -0.386. The van der Waals surface area contributed by atoms with E-state index in [1.807, 2.05) is 47.8 Å². The van der Waals surface area contributed by atoms with Gasteiger partial charge in [0.1, 0.15) is 0 Å². The topological polar surface area (TPSA) is 69.2 Å². The average molecular weight is 346 g/mol. The van der Waals surface area contributed by atoms with Gasteiger partial charge in [-0.15, -0.1) is 23.1 Å². The van der Waals surface area contributed by atoms with Crippen LogP contribution in [0.15, 0.2) is 57.3 Å². The Bertz CT molecular complexity index is 785. The molecule has 7 heteroatoms. The second-order valence-corrected chi connectivity index (χ2v) is 7.19. The molecule has 3 aromatic rings. The van der Waals surface area contributed by atoms with E-state index in [1.54, 1.807) is 30.0 Å². The lowest BCUT2D eigenvalue weighted by Gasteiger charge is -2.13. The molecular formula is C16H14N2O3S2. The van der Waals surface area contributed by atoms with Crippen molar-refractivity contribution in [1.29, 1.82) is 0 Å². The van der Waals surface area contributed by atoms with Crippen molar-refractivity contribution in [3.8, 4) is 0 Å². The van der Waals surface area contributed by atoms with Gasteiger partial charge in [0.15, 0.2) is 5.69 Å². The molecule has 0 bridgehead atoms. The van der Waals surface area contributed by atoms with Crippen molar-refractivity contribution < 1.29 is 9.45 Å². The van der Waals surface area contributed by atoms with E-state index in [4.69, 9.17) is 4.52 Å². The van der Waals surface area contributed by atoms with Crippen molar-refractivity contribution in [2.45, 2.75) is 23.5 Å². The summed E-state index contributed by atoms with van der Waals surface area (Å²) < 4.78 is 5.22. The quantitative estimate of drug-likeness (QED) is 0.356. The molecule has 0 saturated heterocycles. The normalized spacial score (nSPS) is 12.2. The molecule has 0 spiro atoms. The van der Waals surface area contributed by atoms with Crippen molar-refractivity contribution in [3.05, 3.63) is 74.3 Å². The molecule has 0 radical (unpaired) electrons. The van der Waals surface area contributed by atoms with Crippen LogP contribution < -0.4 is 0 Å². The summed E-state index contributed by atoms with van der Waals surface area (Å²) in [6.45, 7) is 1.59. The number of hydrogen-bond donors (Lipinski definition) is 0. The fourth-order valence-electron chi connectivity index (χ4n) is 2.29. The van der Waals surface area contributed by atoms with Gasteiger partial charge in [0.2, 0.25) is 5.76 Å². The van der Waals surface area contributed by atoms with Gasteiger partial charge in [-0.25, -0.2) is 0 Å². The largest absolute Gasteiger partial charge is 0.354 e. The zero-order valence-electron chi connectivity index (χ0n) is 12.3. The molecule has 1 atom stereocenters. The molecule has 0 aliphatic heterocycles. The summed E-state index contributed by atoms with van der Waals surface area (Å²) in [6.07, 6.45) is 0.428. The first-order valence-corrected chi connectivity index (χ1v) is 8.75. The van der Waals surface area contributed by atoms with Crippen LogP contribution in [0.4, 0.5) is 5.69 Å². The highest BCUT2D eigenvalue weighted by Crippen LogP contribution is 2.41. The minimum absolute atomic E-state index is 0.0137. The molecule has 2 aromatic heterocycles. The number of benzene rings is 1. The predicted octanol–water partition coefficient (Wildman–Crippen LogP) is 5.03. The number of nitrogens with zero attached hydrogens (tertiary/aromatic N) is 2. The third-order valence-electron chi connectivity index (χ3n) is 3.34. The van der Waals surface area contributed by atoms with Crippen LogP contribution in [0.2, 0.25) is 0 Å². The Kier molecular flexibility index (Phi) is 4.78.